The van der Waals surface area contributed by atoms with Crippen LogP contribution in [0.2, 0.25) is 5.02 Å². The fraction of sp³-hybridized carbons (Fsp3) is 0.222. The molecule has 3 N–H and O–H groups in total. The van der Waals surface area contributed by atoms with Gasteiger partial charge >= 0.3 is 0 Å². The molecule has 1 amide bonds. The smallest absolute Gasteiger partial charge is 0.253 e. The van der Waals surface area contributed by atoms with Gasteiger partial charge in [0.2, 0.25) is 0 Å². The number of phenols is 1. The number of rotatable bonds is 3. The van der Waals surface area contributed by atoms with E-state index in [0.717, 1.165) is 0 Å². The molecule has 1 rings (SSSR count). The molecule has 0 saturated carbocycles. The number of aliphatic hydroxyl groups is 1. The van der Waals surface area contributed by atoms with Gasteiger partial charge in [0.1, 0.15) is 5.75 Å². The summed E-state index contributed by atoms with van der Waals surface area (Å²) in [5.74, 6) is -0.441. The summed E-state index contributed by atoms with van der Waals surface area (Å²) in [4.78, 5) is 11.4. The Hall–Kier alpha value is -1.26. The van der Waals surface area contributed by atoms with Gasteiger partial charge in [-0.2, -0.15) is 0 Å². The van der Waals surface area contributed by atoms with Gasteiger partial charge in [0, 0.05) is 6.54 Å². The largest absolute Gasteiger partial charge is 0.508 e. The lowest BCUT2D eigenvalue weighted by Crippen LogP contribution is -2.26. The van der Waals surface area contributed by atoms with E-state index < -0.39 is 5.91 Å². The van der Waals surface area contributed by atoms with E-state index >= 15 is 0 Å². The third-order valence-corrected chi connectivity index (χ3v) is 1.92. The molecule has 0 fully saturated rings. The molecule has 0 spiro atoms. The molecule has 14 heavy (non-hydrogen) atoms. The Balaban J connectivity index is 2.83. The van der Waals surface area contributed by atoms with Crippen LogP contribution < -0.4 is 5.32 Å². The van der Waals surface area contributed by atoms with Gasteiger partial charge < -0.3 is 15.5 Å². The number of nitrogens with one attached hydrogen (secondary N) is 1. The van der Waals surface area contributed by atoms with Gasteiger partial charge in [0.05, 0.1) is 17.2 Å². The second kappa shape index (κ2) is 4.83. The van der Waals surface area contributed by atoms with Crippen LogP contribution in [0.4, 0.5) is 0 Å². The van der Waals surface area contributed by atoms with E-state index in [-0.39, 0.29) is 29.5 Å². The molecule has 0 aliphatic heterocycles. The minimum Gasteiger partial charge on any atom is -0.508 e. The first-order valence-corrected chi connectivity index (χ1v) is 4.40. The van der Waals surface area contributed by atoms with Crippen LogP contribution in [-0.2, 0) is 0 Å². The van der Waals surface area contributed by atoms with E-state index in [2.05, 4.69) is 5.32 Å². The van der Waals surface area contributed by atoms with Gasteiger partial charge in [-0.1, -0.05) is 11.6 Å². The number of aliphatic hydroxyl groups excluding tert-OH is 1. The SMILES string of the molecule is O=C(NCCO)c1cc(O)ccc1Cl. The number of hydrogen-bond acceptors (Lipinski definition) is 3. The number of phenolic OH excluding ortho intramolecular Hbond substituents is 1. The molecule has 0 atom stereocenters. The summed E-state index contributed by atoms with van der Waals surface area (Å²) in [5, 5.41) is 20.3. The maximum atomic E-state index is 11.4. The average molecular weight is 216 g/mol. The van der Waals surface area contributed by atoms with Crippen LogP contribution in [0.3, 0.4) is 0 Å². The van der Waals surface area contributed by atoms with E-state index in [9.17, 15) is 4.79 Å². The highest BCUT2D eigenvalue weighted by Crippen LogP contribution is 2.20. The quantitative estimate of drug-likeness (QED) is 0.698. The molecule has 0 heterocycles. The maximum absolute atomic E-state index is 11.4. The number of benzene rings is 1. The van der Waals surface area contributed by atoms with Crippen LogP contribution in [0.1, 0.15) is 10.4 Å². The summed E-state index contributed by atoms with van der Waals surface area (Å²) in [7, 11) is 0. The number of hydrogen-bond donors (Lipinski definition) is 3. The molecule has 0 radical (unpaired) electrons. The topological polar surface area (TPSA) is 69.6 Å². The van der Waals surface area contributed by atoms with Crippen molar-refractivity contribution < 1.29 is 15.0 Å². The first-order chi connectivity index (χ1) is 6.65. The van der Waals surface area contributed by atoms with Crippen molar-refractivity contribution in [3.63, 3.8) is 0 Å². The minimum atomic E-state index is -0.417. The summed E-state index contributed by atoms with van der Waals surface area (Å²) >= 11 is 5.74. The lowest BCUT2D eigenvalue weighted by atomic mass is 10.2. The lowest BCUT2D eigenvalue weighted by molar-refractivity contribution is 0.0944. The highest BCUT2D eigenvalue weighted by Gasteiger charge is 2.09. The third-order valence-electron chi connectivity index (χ3n) is 1.59. The Morgan fingerprint density at radius 3 is 2.86 bits per heavy atom. The van der Waals surface area contributed by atoms with Gasteiger partial charge in [0.25, 0.3) is 5.91 Å². The average Bonchev–Trinajstić information content (AvgIpc) is 2.18. The van der Waals surface area contributed by atoms with Gasteiger partial charge in [-0.3, -0.25) is 4.79 Å². The molecule has 0 aliphatic rings. The molecule has 0 saturated heterocycles. The Bertz CT molecular complexity index is 341. The fourth-order valence-corrected chi connectivity index (χ4v) is 1.16. The highest BCUT2D eigenvalue weighted by atomic mass is 35.5. The number of carbonyl (C=O) groups is 1. The summed E-state index contributed by atoms with van der Waals surface area (Å²) < 4.78 is 0. The Labute approximate surface area is 86.1 Å². The standard InChI is InChI=1S/C9H10ClNO3/c10-8-2-1-6(13)5-7(8)9(14)11-3-4-12/h1-2,5,12-13H,3-4H2,(H,11,14). The summed E-state index contributed by atoms with van der Waals surface area (Å²) in [6, 6.07) is 4.10. The predicted molar refractivity (Wildman–Crippen MR) is 52.5 cm³/mol. The molecule has 0 aliphatic carbocycles. The van der Waals surface area contributed by atoms with Crippen molar-refractivity contribution in [1.82, 2.24) is 5.32 Å². The molecular formula is C9H10ClNO3. The number of carbonyl (C=O) groups excluding carboxylic acids is 1. The molecule has 1 aromatic rings. The molecule has 1 aromatic carbocycles. The first-order valence-electron chi connectivity index (χ1n) is 4.02. The summed E-state index contributed by atoms with van der Waals surface area (Å²) in [6.45, 7) is 0.0208. The number of amides is 1. The van der Waals surface area contributed by atoms with Crippen LogP contribution in [-0.4, -0.2) is 29.3 Å². The van der Waals surface area contributed by atoms with Crippen molar-refractivity contribution in [1.29, 1.82) is 0 Å². The Morgan fingerprint density at radius 1 is 1.50 bits per heavy atom. The predicted octanol–water partition coefficient (Wildman–Crippen LogP) is 0.768. The van der Waals surface area contributed by atoms with E-state index in [1.165, 1.54) is 18.2 Å². The van der Waals surface area contributed by atoms with Gasteiger partial charge in [0.15, 0.2) is 0 Å². The van der Waals surface area contributed by atoms with Crippen LogP contribution in [0.15, 0.2) is 18.2 Å². The Morgan fingerprint density at radius 2 is 2.21 bits per heavy atom. The number of halogens is 1. The van der Waals surface area contributed by atoms with Crippen molar-refractivity contribution in [2.45, 2.75) is 0 Å². The van der Waals surface area contributed by atoms with E-state index in [4.69, 9.17) is 21.8 Å². The van der Waals surface area contributed by atoms with Crippen molar-refractivity contribution >= 4 is 17.5 Å². The van der Waals surface area contributed by atoms with Gasteiger partial charge in [-0.15, -0.1) is 0 Å². The second-order valence-corrected chi connectivity index (χ2v) is 3.05. The van der Waals surface area contributed by atoms with Crippen molar-refractivity contribution in [3.8, 4) is 5.75 Å². The maximum Gasteiger partial charge on any atom is 0.253 e. The summed E-state index contributed by atoms with van der Waals surface area (Å²) in [6.07, 6.45) is 0. The van der Waals surface area contributed by atoms with Crippen LogP contribution in [0.5, 0.6) is 5.75 Å². The molecule has 0 bridgehead atoms. The van der Waals surface area contributed by atoms with E-state index in [0.29, 0.717) is 0 Å². The normalized spacial score (nSPS) is 9.86. The van der Waals surface area contributed by atoms with Crippen LogP contribution in [0.25, 0.3) is 0 Å². The Kier molecular flexibility index (Phi) is 3.73. The minimum absolute atomic E-state index is 0.0245. The molecule has 0 aromatic heterocycles. The summed E-state index contributed by atoms with van der Waals surface area (Å²) in [5.41, 5.74) is 0.195. The second-order valence-electron chi connectivity index (χ2n) is 2.64. The first kappa shape index (κ1) is 10.8. The van der Waals surface area contributed by atoms with E-state index in [1.54, 1.807) is 0 Å². The zero-order valence-electron chi connectivity index (χ0n) is 7.33. The number of aromatic hydroxyl groups is 1. The molecule has 5 heteroatoms. The molecule has 76 valence electrons. The molecule has 4 nitrogen and oxygen atoms in total. The molecular weight excluding hydrogens is 206 g/mol. The van der Waals surface area contributed by atoms with Crippen LogP contribution >= 0.6 is 11.6 Å². The third kappa shape index (κ3) is 2.61. The monoisotopic (exact) mass is 215 g/mol. The van der Waals surface area contributed by atoms with Crippen molar-refractivity contribution in [2.24, 2.45) is 0 Å². The lowest BCUT2D eigenvalue weighted by Gasteiger charge is -2.05. The van der Waals surface area contributed by atoms with Crippen molar-refractivity contribution in [3.05, 3.63) is 28.8 Å². The van der Waals surface area contributed by atoms with Gasteiger partial charge in [-0.25, -0.2) is 0 Å². The zero-order valence-corrected chi connectivity index (χ0v) is 8.08. The highest BCUT2D eigenvalue weighted by molar-refractivity contribution is 6.33. The van der Waals surface area contributed by atoms with Crippen molar-refractivity contribution in [2.75, 3.05) is 13.2 Å². The van der Waals surface area contributed by atoms with Gasteiger partial charge in [-0.05, 0) is 18.2 Å². The molecule has 0 unspecified atom stereocenters. The zero-order chi connectivity index (χ0) is 10.6. The van der Waals surface area contributed by atoms with Crippen LogP contribution in [0, 0.1) is 0 Å². The fourth-order valence-electron chi connectivity index (χ4n) is 0.952. The van der Waals surface area contributed by atoms with E-state index in [1.807, 2.05) is 0 Å².